The lowest BCUT2D eigenvalue weighted by Gasteiger charge is -2.33. The van der Waals surface area contributed by atoms with Gasteiger partial charge >= 0.3 is 0 Å². The number of nitrogens with one attached hydrogen (secondary N) is 1. The molecular formula is C17H27BrN2O. The molecule has 0 bridgehead atoms. The van der Waals surface area contributed by atoms with Crippen molar-refractivity contribution in [3.63, 3.8) is 0 Å². The smallest absolute Gasteiger partial charge is 0.0491 e. The lowest BCUT2D eigenvalue weighted by molar-refractivity contribution is 0.139. The minimum absolute atomic E-state index is 0.380. The third-order valence-electron chi connectivity index (χ3n) is 4.34. The number of methoxy groups -OCH3 is 1. The first-order chi connectivity index (χ1) is 10.2. The molecule has 1 aromatic rings. The highest BCUT2D eigenvalue weighted by Crippen LogP contribution is 2.30. The molecule has 2 rings (SSSR count). The summed E-state index contributed by atoms with van der Waals surface area (Å²) >= 11 is 3.73. The molecule has 1 unspecified atom stereocenters. The summed E-state index contributed by atoms with van der Waals surface area (Å²) in [5, 5.41) is 3.46. The van der Waals surface area contributed by atoms with Crippen LogP contribution in [0.1, 0.15) is 38.3 Å². The summed E-state index contributed by atoms with van der Waals surface area (Å²) in [4.78, 5) is 2.48. The Morgan fingerprint density at radius 1 is 1.38 bits per heavy atom. The molecule has 1 N–H and O–H groups in total. The zero-order valence-corrected chi connectivity index (χ0v) is 14.9. The number of hydrogen-bond acceptors (Lipinski definition) is 3. The fourth-order valence-corrected chi connectivity index (χ4v) is 3.78. The molecule has 0 aromatic heterocycles. The lowest BCUT2D eigenvalue weighted by Crippen LogP contribution is -2.35. The molecule has 3 nitrogen and oxygen atoms in total. The van der Waals surface area contributed by atoms with Crippen molar-refractivity contribution in [2.45, 2.75) is 32.7 Å². The van der Waals surface area contributed by atoms with E-state index in [4.69, 9.17) is 4.74 Å². The molecule has 0 saturated carbocycles. The fraction of sp³-hybridized carbons (Fsp3) is 0.647. The third-order valence-corrected chi connectivity index (χ3v) is 5.03. The van der Waals surface area contributed by atoms with E-state index < -0.39 is 0 Å². The maximum absolute atomic E-state index is 5.27. The topological polar surface area (TPSA) is 24.5 Å². The first-order valence-corrected chi connectivity index (χ1v) is 8.71. The molecule has 0 spiro atoms. The Labute approximate surface area is 137 Å². The van der Waals surface area contributed by atoms with Crippen LogP contribution in [0, 0.1) is 5.92 Å². The normalized spacial score (nSPS) is 18.0. The summed E-state index contributed by atoms with van der Waals surface area (Å²) in [7, 11) is 1.80. The molecule has 1 aliphatic heterocycles. The molecule has 1 atom stereocenters. The van der Waals surface area contributed by atoms with E-state index in [1.807, 2.05) is 0 Å². The Kier molecular flexibility index (Phi) is 6.52. The molecule has 1 heterocycles. The van der Waals surface area contributed by atoms with Gasteiger partial charge in [0.15, 0.2) is 0 Å². The van der Waals surface area contributed by atoms with E-state index in [9.17, 15) is 0 Å². The molecule has 1 fully saturated rings. The molecule has 118 valence electrons. The van der Waals surface area contributed by atoms with Crippen LogP contribution in [0.5, 0.6) is 0 Å². The summed E-state index contributed by atoms with van der Waals surface area (Å²) in [6, 6.07) is 7.14. The highest BCUT2D eigenvalue weighted by atomic mass is 79.9. The van der Waals surface area contributed by atoms with Crippen molar-refractivity contribution >= 4 is 21.6 Å². The van der Waals surface area contributed by atoms with Gasteiger partial charge < -0.3 is 15.0 Å². The van der Waals surface area contributed by atoms with Crippen molar-refractivity contribution in [1.29, 1.82) is 0 Å². The number of ether oxygens (including phenoxy) is 1. The minimum Gasteiger partial charge on any atom is -0.384 e. The van der Waals surface area contributed by atoms with Crippen LogP contribution in [0.3, 0.4) is 0 Å². The predicted octanol–water partition coefficient (Wildman–Crippen LogP) is 3.98. The number of halogens is 1. The molecule has 1 saturated heterocycles. The number of piperidine rings is 1. The molecule has 21 heavy (non-hydrogen) atoms. The molecule has 0 radical (unpaired) electrons. The van der Waals surface area contributed by atoms with Crippen LogP contribution in [0.25, 0.3) is 0 Å². The van der Waals surface area contributed by atoms with E-state index in [0.717, 1.165) is 32.2 Å². The van der Waals surface area contributed by atoms with Gasteiger partial charge in [0.25, 0.3) is 0 Å². The van der Waals surface area contributed by atoms with Crippen LogP contribution in [0.15, 0.2) is 22.7 Å². The summed E-state index contributed by atoms with van der Waals surface area (Å²) in [5.74, 6) is 0.725. The average molecular weight is 355 g/mol. The SMILES string of the molecule is CCNC(C)c1ccc(N2CCC(COC)CC2)cc1Br. The zero-order valence-electron chi connectivity index (χ0n) is 13.4. The molecular weight excluding hydrogens is 328 g/mol. The Bertz CT molecular complexity index is 444. The Morgan fingerprint density at radius 2 is 2.10 bits per heavy atom. The Balaban J connectivity index is 2.00. The van der Waals surface area contributed by atoms with Crippen LogP contribution in [0.2, 0.25) is 0 Å². The highest BCUT2D eigenvalue weighted by Gasteiger charge is 2.20. The van der Waals surface area contributed by atoms with Gasteiger partial charge in [-0.1, -0.05) is 28.9 Å². The third kappa shape index (κ3) is 4.44. The van der Waals surface area contributed by atoms with E-state index in [1.165, 1.54) is 28.6 Å². The van der Waals surface area contributed by atoms with Crippen molar-refractivity contribution in [3.05, 3.63) is 28.2 Å². The highest BCUT2D eigenvalue weighted by molar-refractivity contribution is 9.10. The lowest BCUT2D eigenvalue weighted by atomic mass is 9.97. The second-order valence-electron chi connectivity index (χ2n) is 5.87. The van der Waals surface area contributed by atoms with E-state index in [-0.39, 0.29) is 0 Å². The van der Waals surface area contributed by atoms with Gasteiger partial charge in [-0.3, -0.25) is 0 Å². The van der Waals surface area contributed by atoms with Gasteiger partial charge in [-0.25, -0.2) is 0 Å². The number of rotatable bonds is 6. The van der Waals surface area contributed by atoms with Crippen molar-refractivity contribution in [3.8, 4) is 0 Å². The largest absolute Gasteiger partial charge is 0.384 e. The second-order valence-corrected chi connectivity index (χ2v) is 6.73. The summed E-state index contributed by atoms with van der Waals surface area (Å²) in [5.41, 5.74) is 2.65. The van der Waals surface area contributed by atoms with E-state index in [1.54, 1.807) is 7.11 Å². The van der Waals surface area contributed by atoms with Crippen LogP contribution in [-0.4, -0.2) is 33.4 Å². The summed E-state index contributed by atoms with van der Waals surface area (Å²) in [6.07, 6.45) is 2.45. The maximum Gasteiger partial charge on any atom is 0.0491 e. The van der Waals surface area contributed by atoms with Gasteiger partial charge in [-0.05, 0) is 49.9 Å². The molecule has 1 aliphatic rings. The zero-order chi connectivity index (χ0) is 15.2. The maximum atomic E-state index is 5.27. The predicted molar refractivity (Wildman–Crippen MR) is 93.0 cm³/mol. The first-order valence-electron chi connectivity index (χ1n) is 7.92. The minimum atomic E-state index is 0.380. The number of hydrogen-bond donors (Lipinski definition) is 1. The van der Waals surface area contributed by atoms with Crippen molar-refractivity contribution in [1.82, 2.24) is 5.32 Å². The Hall–Kier alpha value is -0.580. The summed E-state index contributed by atoms with van der Waals surface area (Å²) in [6.45, 7) is 8.49. The van der Waals surface area contributed by atoms with Gasteiger partial charge in [0.2, 0.25) is 0 Å². The number of anilines is 1. The van der Waals surface area contributed by atoms with Crippen LogP contribution >= 0.6 is 15.9 Å². The van der Waals surface area contributed by atoms with Gasteiger partial charge in [-0.15, -0.1) is 0 Å². The fourth-order valence-electron chi connectivity index (χ4n) is 3.07. The standard InChI is InChI=1S/C17H27BrN2O/c1-4-19-13(2)16-6-5-15(11-17(16)18)20-9-7-14(8-10-20)12-21-3/h5-6,11,13-14,19H,4,7-10,12H2,1-3H3. The van der Waals surface area contributed by atoms with Crippen molar-refractivity contribution in [2.24, 2.45) is 5.92 Å². The second kappa shape index (κ2) is 8.16. The van der Waals surface area contributed by atoms with E-state index in [2.05, 4.69) is 58.2 Å². The molecule has 4 heteroatoms. The van der Waals surface area contributed by atoms with Gasteiger partial charge in [0.1, 0.15) is 0 Å². The van der Waals surface area contributed by atoms with Crippen LogP contribution < -0.4 is 10.2 Å². The molecule has 0 aliphatic carbocycles. The van der Waals surface area contributed by atoms with E-state index >= 15 is 0 Å². The van der Waals surface area contributed by atoms with Gasteiger partial charge in [0, 0.05) is 43.0 Å². The van der Waals surface area contributed by atoms with Gasteiger partial charge in [0.05, 0.1) is 0 Å². The number of nitrogens with zero attached hydrogens (tertiary/aromatic N) is 1. The van der Waals surface area contributed by atoms with Crippen LogP contribution in [-0.2, 0) is 4.74 Å². The molecule has 0 amide bonds. The quantitative estimate of drug-likeness (QED) is 0.835. The van der Waals surface area contributed by atoms with Crippen LogP contribution in [0.4, 0.5) is 5.69 Å². The monoisotopic (exact) mass is 354 g/mol. The molecule has 1 aromatic carbocycles. The van der Waals surface area contributed by atoms with Crippen molar-refractivity contribution in [2.75, 3.05) is 38.3 Å². The summed E-state index contributed by atoms with van der Waals surface area (Å²) < 4.78 is 6.47. The number of benzene rings is 1. The first kappa shape index (κ1) is 16.8. The Morgan fingerprint density at radius 3 is 2.67 bits per heavy atom. The average Bonchev–Trinajstić information content (AvgIpc) is 2.48. The van der Waals surface area contributed by atoms with Gasteiger partial charge in [-0.2, -0.15) is 0 Å². The van der Waals surface area contributed by atoms with E-state index in [0.29, 0.717) is 6.04 Å². The van der Waals surface area contributed by atoms with Crippen molar-refractivity contribution < 1.29 is 4.74 Å².